The van der Waals surface area contributed by atoms with Crippen LogP contribution in [0.25, 0.3) is 0 Å². The fourth-order valence-electron chi connectivity index (χ4n) is 7.77. The predicted molar refractivity (Wildman–Crippen MR) is 51.8 cm³/mol. The van der Waals surface area contributed by atoms with Crippen LogP contribution >= 0.6 is 0 Å². The van der Waals surface area contributed by atoms with Crippen LogP contribution in [-0.2, 0) is 4.74 Å². The molecule has 7 fully saturated rings. The first-order chi connectivity index (χ1) is 7.38. The lowest BCUT2D eigenvalue weighted by molar-refractivity contribution is -0.0460. The van der Waals surface area contributed by atoms with E-state index in [0.29, 0.717) is 12.7 Å². The first-order valence-corrected chi connectivity index (χ1v) is 6.67. The fourth-order valence-corrected chi connectivity index (χ4v) is 7.77. The molecule has 0 amide bonds. The molecule has 0 spiro atoms. The predicted octanol–water partition coefficient (Wildman–Crippen LogP) is 0.894. The van der Waals surface area contributed by atoms with Crippen molar-refractivity contribution in [1.29, 1.82) is 0 Å². The molecule has 0 aromatic heterocycles. The van der Waals surface area contributed by atoms with Crippen molar-refractivity contribution in [2.45, 2.75) is 24.5 Å². The molecule has 0 radical (unpaired) electrons. The second kappa shape index (κ2) is 1.70. The number of hydrogen-bond donors (Lipinski definition) is 1. The van der Waals surface area contributed by atoms with E-state index in [0.717, 1.165) is 53.8 Å². The zero-order valence-corrected chi connectivity index (χ0v) is 8.67. The van der Waals surface area contributed by atoms with Crippen molar-refractivity contribution in [2.24, 2.45) is 47.3 Å². The molecule has 2 heterocycles. The summed E-state index contributed by atoms with van der Waals surface area (Å²) in [4.78, 5) is 0. The van der Waals surface area contributed by atoms with Crippen molar-refractivity contribution in [1.82, 2.24) is 0 Å². The Kier molecular flexibility index (Phi) is 0.828. The molecule has 2 aliphatic heterocycles. The van der Waals surface area contributed by atoms with Crippen molar-refractivity contribution < 1.29 is 9.84 Å². The van der Waals surface area contributed by atoms with E-state index in [1.165, 1.54) is 6.42 Å². The molecule has 80 valence electrons. The highest BCUT2D eigenvalue weighted by molar-refractivity contribution is 5.39. The van der Waals surface area contributed by atoms with Gasteiger partial charge in [-0.3, -0.25) is 0 Å². The second-order valence-electron chi connectivity index (χ2n) is 6.94. The number of aliphatic hydroxyl groups excluding tert-OH is 1. The summed E-state index contributed by atoms with van der Waals surface area (Å²) in [5.74, 6) is 7.84. The molecular formula is C13H16O2. The Morgan fingerprint density at radius 3 is 2.87 bits per heavy atom. The third-order valence-corrected chi connectivity index (χ3v) is 7.37. The summed E-state index contributed by atoms with van der Waals surface area (Å²) in [7, 11) is 0. The molecule has 5 aliphatic carbocycles. The highest BCUT2D eigenvalue weighted by Gasteiger charge is 2.92. The van der Waals surface area contributed by atoms with Gasteiger partial charge in [-0.15, -0.1) is 0 Å². The van der Waals surface area contributed by atoms with Crippen molar-refractivity contribution in [3.63, 3.8) is 0 Å². The largest absolute Gasteiger partial charge is 0.396 e. The van der Waals surface area contributed by atoms with Gasteiger partial charge in [-0.2, -0.15) is 0 Å². The lowest BCUT2D eigenvalue weighted by atomic mass is 9.57. The Morgan fingerprint density at radius 2 is 2.00 bits per heavy atom. The molecule has 5 saturated carbocycles. The van der Waals surface area contributed by atoms with Crippen LogP contribution in [0.2, 0.25) is 0 Å². The number of hydrogen-bond acceptors (Lipinski definition) is 2. The summed E-state index contributed by atoms with van der Waals surface area (Å²) in [5.41, 5.74) is 0.186. The Hall–Kier alpha value is -0.0800. The topological polar surface area (TPSA) is 29.5 Å². The average Bonchev–Trinajstić information content (AvgIpc) is 2.75. The zero-order valence-electron chi connectivity index (χ0n) is 8.67. The molecule has 0 aromatic rings. The highest BCUT2D eigenvalue weighted by atomic mass is 16.5. The smallest absolute Gasteiger partial charge is 0.0777 e. The van der Waals surface area contributed by atoms with Gasteiger partial charge in [-0.1, -0.05) is 0 Å². The van der Waals surface area contributed by atoms with E-state index in [1.54, 1.807) is 0 Å². The van der Waals surface area contributed by atoms with Crippen LogP contribution in [0.1, 0.15) is 12.8 Å². The number of ether oxygens (including phenoxy) is 1. The summed E-state index contributed by atoms with van der Waals surface area (Å²) < 4.78 is 6.44. The van der Waals surface area contributed by atoms with Crippen molar-refractivity contribution >= 4 is 0 Å². The van der Waals surface area contributed by atoms with Gasteiger partial charge in [0.2, 0.25) is 0 Å². The van der Waals surface area contributed by atoms with Gasteiger partial charge in [0.15, 0.2) is 0 Å². The van der Waals surface area contributed by atoms with E-state index in [1.807, 2.05) is 0 Å². The minimum atomic E-state index is 0.186. The third-order valence-electron chi connectivity index (χ3n) is 7.37. The molecular weight excluding hydrogens is 188 g/mol. The van der Waals surface area contributed by atoms with Crippen LogP contribution in [0.3, 0.4) is 0 Å². The molecule has 2 saturated heterocycles. The van der Waals surface area contributed by atoms with Gasteiger partial charge in [0, 0.05) is 13.0 Å². The monoisotopic (exact) mass is 204 g/mol. The lowest BCUT2D eigenvalue weighted by Crippen LogP contribution is -2.49. The zero-order chi connectivity index (χ0) is 9.52. The highest BCUT2D eigenvalue weighted by Crippen LogP contribution is 2.90. The van der Waals surface area contributed by atoms with E-state index in [-0.39, 0.29) is 5.60 Å². The Bertz CT molecular complexity index is 384. The van der Waals surface area contributed by atoms with E-state index in [2.05, 4.69) is 0 Å². The minimum Gasteiger partial charge on any atom is -0.396 e. The van der Waals surface area contributed by atoms with Crippen molar-refractivity contribution in [3.05, 3.63) is 0 Å². The van der Waals surface area contributed by atoms with Gasteiger partial charge in [-0.05, 0) is 53.8 Å². The van der Waals surface area contributed by atoms with Crippen molar-refractivity contribution in [3.8, 4) is 0 Å². The van der Waals surface area contributed by atoms with Gasteiger partial charge in [0.1, 0.15) is 0 Å². The van der Waals surface area contributed by atoms with Crippen LogP contribution in [-0.4, -0.2) is 23.4 Å². The minimum absolute atomic E-state index is 0.186. The van der Waals surface area contributed by atoms with E-state index in [9.17, 15) is 5.11 Å². The quantitative estimate of drug-likeness (QED) is 0.724. The number of aliphatic hydroxyl groups is 1. The van der Waals surface area contributed by atoms with Crippen LogP contribution < -0.4 is 0 Å². The molecule has 10 atom stereocenters. The van der Waals surface area contributed by atoms with E-state index < -0.39 is 0 Å². The van der Waals surface area contributed by atoms with Gasteiger partial charge in [0.05, 0.1) is 11.7 Å². The van der Waals surface area contributed by atoms with E-state index in [4.69, 9.17) is 4.74 Å². The normalized spacial score (nSPS) is 82.6. The van der Waals surface area contributed by atoms with Gasteiger partial charge >= 0.3 is 0 Å². The SMILES string of the molecule is OCCC12OC3C4C5C(C6C[C@H]5C3C61)C42. The first-order valence-electron chi connectivity index (χ1n) is 6.67. The molecule has 0 aromatic carbocycles. The maximum absolute atomic E-state index is 9.33. The van der Waals surface area contributed by atoms with Crippen LogP contribution in [0, 0.1) is 47.3 Å². The Labute approximate surface area is 89.0 Å². The summed E-state index contributed by atoms with van der Waals surface area (Å²) in [6.45, 7) is 0.341. The summed E-state index contributed by atoms with van der Waals surface area (Å²) in [6.07, 6.45) is 3.12. The Balaban J connectivity index is 1.66. The molecule has 4 bridgehead atoms. The molecule has 9 unspecified atom stereocenters. The summed E-state index contributed by atoms with van der Waals surface area (Å²) in [6, 6.07) is 0. The lowest BCUT2D eigenvalue weighted by Gasteiger charge is -2.45. The third kappa shape index (κ3) is 0.416. The van der Waals surface area contributed by atoms with Crippen LogP contribution in [0.4, 0.5) is 0 Å². The molecule has 15 heavy (non-hydrogen) atoms. The standard InChI is InChI=1S/C13H16O2/c14-2-1-13-10-5-3-4-6-7(5)11(13)9(6)12(15-13)8(4)10/h4-12,14H,1-3H2/t4-,5?,6?,7?,8?,9?,10?,11?,12?,13?/m1/s1. The maximum Gasteiger partial charge on any atom is 0.0777 e. The van der Waals surface area contributed by atoms with Gasteiger partial charge < -0.3 is 9.84 Å². The van der Waals surface area contributed by atoms with Crippen molar-refractivity contribution in [2.75, 3.05) is 6.61 Å². The van der Waals surface area contributed by atoms with Crippen LogP contribution in [0.15, 0.2) is 0 Å². The molecule has 2 nitrogen and oxygen atoms in total. The maximum atomic E-state index is 9.33. The molecule has 7 rings (SSSR count). The number of rotatable bonds is 2. The first kappa shape index (κ1) is 7.29. The van der Waals surface area contributed by atoms with Crippen LogP contribution in [0.5, 0.6) is 0 Å². The Morgan fingerprint density at radius 1 is 1.07 bits per heavy atom. The fraction of sp³-hybridized carbons (Fsp3) is 1.00. The average molecular weight is 204 g/mol. The summed E-state index contributed by atoms with van der Waals surface area (Å²) >= 11 is 0. The van der Waals surface area contributed by atoms with Gasteiger partial charge in [0.25, 0.3) is 0 Å². The molecule has 1 N–H and O–H groups in total. The molecule has 2 heteroatoms. The molecule has 7 aliphatic rings. The summed E-state index contributed by atoms with van der Waals surface area (Å²) in [5, 5.41) is 9.33. The second-order valence-corrected chi connectivity index (χ2v) is 6.94. The van der Waals surface area contributed by atoms with E-state index >= 15 is 0 Å². The van der Waals surface area contributed by atoms with Gasteiger partial charge in [-0.25, -0.2) is 0 Å².